The third kappa shape index (κ3) is 3.62. The quantitative estimate of drug-likeness (QED) is 0.413. The Hall–Kier alpha value is -2.68. The van der Waals surface area contributed by atoms with Gasteiger partial charge in [0, 0.05) is 28.4 Å². The Bertz CT molecular complexity index is 1370. The highest BCUT2D eigenvalue weighted by Crippen LogP contribution is 2.40. The summed E-state index contributed by atoms with van der Waals surface area (Å²) in [5.74, 6) is 0.652. The van der Waals surface area contributed by atoms with Gasteiger partial charge in [0.25, 0.3) is 5.56 Å². The van der Waals surface area contributed by atoms with Gasteiger partial charge in [-0.3, -0.25) is 4.79 Å². The van der Waals surface area contributed by atoms with Gasteiger partial charge in [-0.05, 0) is 47.7 Å². The summed E-state index contributed by atoms with van der Waals surface area (Å²) in [5.41, 5.74) is 2.21. The fourth-order valence-electron chi connectivity index (χ4n) is 3.55. The Morgan fingerprint density at radius 3 is 2.57 bits per heavy atom. The van der Waals surface area contributed by atoms with Crippen LogP contribution in [0, 0.1) is 0 Å². The van der Waals surface area contributed by atoms with Crippen LogP contribution in [-0.2, 0) is 10.0 Å². The Labute approximate surface area is 178 Å². The Balaban J connectivity index is 1.87. The number of ether oxygens (including phenoxy) is 1. The van der Waals surface area contributed by atoms with Crippen molar-refractivity contribution in [3.05, 3.63) is 58.2 Å². The summed E-state index contributed by atoms with van der Waals surface area (Å²) in [4.78, 5) is 15.5. The lowest BCUT2D eigenvalue weighted by atomic mass is 9.97. The summed E-state index contributed by atoms with van der Waals surface area (Å²) in [5, 5.41) is 3.62. The summed E-state index contributed by atoms with van der Waals surface area (Å²) in [6.45, 7) is 2.43. The molecule has 8 heteroatoms. The minimum Gasteiger partial charge on any atom is -0.496 e. The van der Waals surface area contributed by atoms with Crippen LogP contribution >= 0.6 is 11.3 Å². The maximum atomic E-state index is 12.5. The molecule has 2 heterocycles. The molecule has 0 bridgehead atoms. The monoisotopic (exact) mass is 442 g/mol. The van der Waals surface area contributed by atoms with Crippen LogP contribution in [0.25, 0.3) is 32.1 Å². The second-order valence-electron chi connectivity index (χ2n) is 6.96. The van der Waals surface area contributed by atoms with Crippen LogP contribution in [0.1, 0.15) is 19.8 Å². The largest absolute Gasteiger partial charge is 0.496 e. The molecule has 0 aliphatic carbocycles. The van der Waals surface area contributed by atoms with Gasteiger partial charge >= 0.3 is 0 Å². The van der Waals surface area contributed by atoms with Crippen LogP contribution in [0.2, 0.25) is 0 Å². The van der Waals surface area contributed by atoms with Gasteiger partial charge in [-0.2, -0.15) is 0 Å². The molecule has 0 aliphatic heterocycles. The second kappa shape index (κ2) is 8.22. The van der Waals surface area contributed by atoms with E-state index in [0.717, 1.165) is 34.7 Å². The van der Waals surface area contributed by atoms with Crippen LogP contribution < -0.4 is 15.0 Å². The number of aromatic nitrogens is 1. The maximum Gasteiger partial charge on any atom is 0.266 e. The predicted molar refractivity (Wildman–Crippen MR) is 122 cm³/mol. The molecule has 0 radical (unpaired) electrons. The van der Waals surface area contributed by atoms with Gasteiger partial charge < -0.3 is 9.72 Å². The van der Waals surface area contributed by atoms with Crippen molar-refractivity contribution in [2.45, 2.75) is 24.7 Å². The molecule has 0 atom stereocenters. The molecule has 0 spiro atoms. The molecular formula is C22H22N2O4S2. The van der Waals surface area contributed by atoms with E-state index in [0.29, 0.717) is 22.5 Å². The number of benzene rings is 2. The second-order valence-corrected chi connectivity index (χ2v) is 9.64. The SMILES string of the molecule is CCCCNS(=O)(=O)c1ccc(-c2c(OC)ccc3[nH]c(=O)c4sccc4c23)cc1. The first-order chi connectivity index (χ1) is 14.5. The molecule has 2 aromatic carbocycles. The van der Waals surface area contributed by atoms with Crippen molar-refractivity contribution >= 4 is 42.3 Å². The van der Waals surface area contributed by atoms with Gasteiger partial charge in [-0.25, -0.2) is 13.1 Å². The van der Waals surface area contributed by atoms with E-state index in [-0.39, 0.29) is 10.5 Å². The number of pyridine rings is 1. The first-order valence-electron chi connectivity index (χ1n) is 9.66. The zero-order valence-corrected chi connectivity index (χ0v) is 18.3. The number of hydrogen-bond acceptors (Lipinski definition) is 5. The first kappa shape index (κ1) is 20.6. The first-order valence-corrected chi connectivity index (χ1v) is 12.0. The van der Waals surface area contributed by atoms with Crippen LogP contribution in [-0.4, -0.2) is 27.1 Å². The number of nitrogens with one attached hydrogen (secondary N) is 2. The van der Waals surface area contributed by atoms with Crippen LogP contribution in [0.5, 0.6) is 5.75 Å². The Morgan fingerprint density at radius 1 is 1.10 bits per heavy atom. The number of methoxy groups -OCH3 is 1. The third-order valence-electron chi connectivity index (χ3n) is 5.05. The van der Waals surface area contributed by atoms with E-state index in [1.165, 1.54) is 11.3 Å². The van der Waals surface area contributed by atoms with E-state index in [1.54, 1.807) is 31.4 Å². The van der Waals surface area contributed by atoms with Gasteiger partial charge in [-0.1, -0.05) is 25.5 Å². The fourth-order valence-corrected chi connectivity index (χ4v) is 5.42. The fraction of sp³-hybridized carbons (Fsp3) is 0.227. The molecular weight excluding hydrogens is 420 g/mol. The zero-order valence-electron chi connectivity index (χ0n) is 16.7. The van der Waals surface area contributed by atoms with Crippen molar-refractivity contribution in [2.24, 2.45) is 0 Å². The summed E-state index contributed by atoms with van der Waals surface area (Å²) in [7, 11) is -1.95. The van der Waals surface area contributed by atoms with Crippen molar-refractivity contribution in [3.63, 3.8) is 0 Å². The number of thiophene rings is 1. The van der Waals surface area contributed by atoms with Gasteiger partial charge in [0.15, 0.2) is 0 Å². The van der Waals surface area contributed by atoms with Crippen molar-refractivity contribution in [3.8, 4) is 16.9 Å². The molecule has 2 N–H and O–H groups in total. The average Bonchev–Trinajstić information content (AvgIpc) is 3.24. The van der Waals surface area contributed by atoms with E-state index in [4.69, 9.17) is 4.74 Å². The number of hydrogen-bond donors (Lipinski definition) is 2. The molecule has 4 aromatic rings. The Kier molecular flexibility index (Phi) is 5.64. The lowest BCUT2D eigenvalue weighted by Crippen LogP contribution is -2.24. The highest BCUT2D eigenvalue weighted by molar-refractivity contribution is 7.89. The summed E-state index contributed by atoms with van der Waals surface area (Å²) in [6, 6.07) is 12.3. The van der Waals surface area contributed by atoms with Crippen molar-refractivity contribution < 1.29 is 13.2 Å². The number of unbranched alkanes of at least 4 members (excludes halogenated alkanes) is 1. The third-order valence-corrected chi connectivity index (χ3v) is 7.44. The number of fused-ring (bicyclic) bond motifs is 3. The molecule has 0 saturated heterocycles. The molecule has 156 valence electrons. The van der Waals surface area contributed by atoms with Gasteiger partial charge in [0.1, 0.15) is 10.4 Å². The molecule has 4 rings (SSSR count). The zero-order chi connectivity index (χ0) is 21.3. The van der Waals surface area contributed by atoms with E-state index in [2.05, 4.69) is 9.71 Å². The molecule has 0 amide bonds. The molecule has 0 unspecified atom stereocenters. The summed E-state index contributed by atoms with van der Waals surface area (Å²) in [6.07, 6.45) is 1.71. The molecule has 0 saturated carbocycles. The molecule has 30 heavy (non-hydrogen) atoms. The lowest BCUT2D eigenvalue weighted by molar-refractivity contribution is 0.417. The van der Waals surface area contributed by atoms with Crippen LogP contribution in [0.4, 0.5) is 0 Å². The Morgan fingerprint density at radius 2 is 1.87 bits per heavy atom. The maximum absolute atomic E-state index is 12.5. The van der Waals surface area contributed by atoms with Crippen LogP contribution in [0.3, 0.4) is 0 Å². The van der Waals surface area contributed by atoms with Crippen molar-refractivity contribution in [2.75, 3.05) is 13.7 Å². The molecule has 2 aromatic heterocycles. The number of rotatable bonds is 7. The molecule has 6 nitrogen and oxygen atoms in total. The number of sulfonamides is 1. The normalized spacial score (nSPS) is 11.9. The average molecular weight is 443 g/mol. The van der Waals surface area contributed by atoms with Gasteiger partial charge in [-0.15, -0.1) is 11.3 Å². The minimum absolute atomic E-state index is 0.122. The van der Waals surface area contributed by atoms with E-state index in [1.807, 2.05) is 30.5 Å². The van der Waals surface area contributed by atoms with Crippen molar-refractivity contribution in [1.29, 1.82) is 0 Å². The topological polar surface area (TPSA) is 88.3 Å². The van der Waals surface area contributed by atoms with Crippen molar-refractivity contribution in [1.82, 2.24) is 9.71 Å². The molecule has 0 fully saturated rings. The predicted octanol–water partition coefficient (Wildman–Crippen LogP) is 4.50. The minimum atomic E-state index is -3.55. The highest BCUT2D eigenvalue weighted by atomic mass is 32.2. The van der Waals surface area contributed by atoms with E-state index >= 15 is 0 Å². The standard InChI is InChI=1S/C22H22N2O4S2/c1-3-4-12-23-30(26,27)15-7-5-14(6-8-15)19-18(28-2)10-9-17-20(19)16-11-13-29-21(16)22(25)24-17/h5-11,13,23H,3-4,12H2,1-2H3,(H,24,25). The molecule has 0 aliphatic rings. The number of H-pyrrole nitrogens is 1. The van der Waals surface area contributed by atoms with Gasteiger partial charge in [0.2, 0.25) is 10.0 Å². The highest BCUT2D eigenvalue weighted by Gasteiger charge is 2.18. The van der Waals surface area contributed by atoms with E-state index < -0.39 is 10.0 Å². The van der Waals surface area contributed by atoms with Crippen LogP contribution in [0.15, 0.2) is 57.5 Å². The smallest absolute Gasteiger partial charge is 0.266 e. The summed E-state index contributed by atoms with van der Waals surface area (Å²) < 4.78 is 33.9. The number of aromatic amines is 1. The summed E-state index contributed by atoms with van der Waals surface area (Å²) >= 11 is 1.39. The van der Waals surface area contributed by atoms with E-state index in [9.17, 15) is 13.2 Å². The lowest BCUT2D eigenvalue weighted by Gasteiger charge is -2.14. The van der Waals surface area contributed by atoms with Gasteiger partial charge in [0.05, 0.1) is 12.0 Å².